The second kappa shape index (κ2) is 5.54. The van der Waals surface area contributed by atoms with Gasteiger partial charge in [0.2, 0.25) is 0 Å². The topological polar surface area (TPSA) is 78.1 Å². The molecule has 1 aromatic rings. The van der Waals surface area contributed by atoms with E-state index < -0.39 is 5.54 Å². The van der Waals surface area contributed by atoms with E-state index in [1.54, 1.807) is 6.92 Å². The smallest absolute Gasteiger partial charge is 0.327 e. The molecule has 1 aliphatic carbocycles. The van der Waals surface area contributed by atoms with E-state index in [1.165, 1.54) is 23.3 Å². The van der Waals surface area contributed by atoms with Gasteiger partial charge in [-0.3, -0.25) is 4.79 Å². The zero-order valence-corrected chi connectivity index (χ0v) is 12.1. The maximum absolute atomic E-state index is 12.0. The predicted octanol–water partition coefficient (Wildman–Crippen LogP) is 1.61. The maximum Gasteiger partial charge on any atom is 0.327 e. The summed E-state index contributed by atoms with van der Waals surface area (Å²) in [4.78, 5) is 16.2. The SMILES string of the molecule is CCOC(=O)C(N)(CSc1nc(C)ns1)C1CC1. The number of aryl methyl sites for hydroxylation is 1. The number of thioether (sulfide) groups is 1. The number of hydrogen-bond donors (Lipinski definition) is 1. The van der Waals surface area contributed by atoms with Crippen LogP contribution in [0.5, 0.6) is 0 Å². The summed E-state index contributed by atoms with van der Waals surface area (Å²) in [7, 11) is 0. The van der Waals surface area contributed by atoms with Crippen LogP contribution in [-0.2, 0) is 9.53 Å². The molecule has 0 spiro atoms. The van der Waals surface area contributed by atoms with E-state index in [0.717, 1.165) is 23.0 Å². The molecular weight excluding hydrogens is 270 g/mol. The van der Waals surface area contributed by atoms with Gasteiger partial charge in [0.1, 0.15) is 11.4 Å². The van der Waals surface area contributed by atoms with Gasteiger partial charge in [-0.1, -0.05) is 11.8 Å². The third kappa shape index (κ3) is 3.02. The molecule has 7 heteroatoms. The van der Waals surface area contributed by atoms with Gasteiger partial charge >= 0.3 is 5.97 Å². The van der Waals surface area contributed by atoms with Crippen molar-refractivity contribution in [2.24, 2.45) is 11.7 Å². The Labute approximate surface area is 115 Å². The molecule has 2 rings (SSSR count). The van der Waals surface area contributed by atoms with Gasteiger partial charge in [0.15, 0.2) is 4.34 Å². The lowest BCUT2D eigenvalue weighted by Gasteiger charge is -2.26. The number of nitrogens with zero attached hydrogens (tertiary/aromatic N) is 2. The second-order valence-corrected chi connectivity index (χ2v) is 6.41. The van der Waals surface area contributed by atoms with Gasteiger partial charge in [-0.25, -0.2) is 4.98 Å². The first-order valence-corrected chi connectivity index (χ1v) is 7.71. The third-order valence-corrected chi connectivity index (χ3v) is 5.05. The van der Waals surface area contributed by atoms with Gasteiger partial charge < -0.3 is 10.5 Å². The maximum atomic E-state index is 12.0. The number of nitrogens with two attached hydrogens (primary N) is 1. The Morgan fingerprint density at radius 1 is 1.67 bits per heavy atom. The van der Waals surface area contributed by atoms with Crippen molar-refractivity contribution in [3.63, 3.8) is 0 Å². The monoisotopic (exact) mass is 287 g/mol. The molecule has 1 fully saturated rings. The number of esters is 1. The lowest BCUT2D eigenvalue weighted by Crippen LogP contribution is -2.53. The summed E-state index contributed by atoms with van der Waals surface area (Å²) in [5.41, 5.74) is 5.37. The molecule has 1 saturated carbocycles. The van der Waals surface area contributed by atoms with Gasteiger partial charge in [0.25, 0.3) is 0 Å². The standard InChI is InChI=1S/C11H17N3O2S2/c1-3-16-9(15)11(12,8-4-5-8)6-17-10-13-7(2)14-18-10/h8H,3-6,12H2,1-2H3. The molecule has 5 nitrogen and oxygen atoms in total. The average Bonchev–Trinajstić information content (AvgIpc) is 3.11. The van der Waals surface area contributed by atoms with Crippen LogP contribution < -0.4 is 5.73 Å². The zero-order valence-electron chi connectivity index (χ0n) is 10.5. The van der Waals surface area contributed by atoms with Crippen LogP contribution in [0, 0.1) is 12.8 Å². The minimum Gasteiger partial charge on any atom is -0.465 e. The molecule has 100 valence electrons. The minimum atomic E-state index is -0.875. The highest BCUT2D eigenvalue weighted by atomic mass is 32.2. The summed E-state index contributed by atoms with van der Waals surface area (Å²) in [5.74, 6) is 1.22. The highest BCUT2D eigenvalue weighted by Gasteiger charge is 2.49. The fourth-order valence-electron chi connectivity index (χ4n) is 1.73. The number of ether oxygens (including phenoxy) is 1. The first kappa shape index (κ1) is 13.8. The van der Waals surface area contributed by atoms with Gasteiger partial charge in [-0.05, 0) is 44.1 Å². The van der Waals surface area contributed by atoms with Gasteiger partial charge in [-0.15, -0.1) is 0 Å². The van der Waals surface area contributed by atoms with E-state index in [1.807, 2.05) is 6.92 Å². The van der Waals surface area contributed by atoms with E-state index in [4.69, 9.17) is 10.5 Å². The summed E-state index contributed by atoms with van der Waals surface area (Å²) in [6, 6.07) is 0. The van der Waals surface area contributed by atoms with Crippen LogP contribution in [0.2, 0.25) is 0 Å². The molecule has 1 aromatic heterocycles. The Balaban J connectivity index is 1.99. The highest BCUT2D eigenvalue weighted by Crippen LogP contribution is 2.41. The van der Waals surface area contributed by atoms with Crippen LogP contribution in [0.4, 0.5) is 0 Å². The molecule has 0 aliphatic heterocycles. The van der Waals surface area contributed by atoms with E-state index in [-0.39, 0.29) is 11.9 Å². The van der Waals surface area contributed by atoms with Crippen molar-refractivity contribution in [1.29, 1.82) is 0 Å². The molecule has 1 heterocycles. The summed E-state index contributed by atoms with van der Waals surface area (Å²) in [6.45, 7) is 4.02. The molecule has 1 atom stereocenters. The average molecular weight is 287 g/mol. The van der Waals surface area contributed by atoms with Crippen molar-refractivity contribution in [2.45, 2.75) is 36.6 Å². The van der Waals surface area contributed by atoms with E-state index in [0.29, 0.717) is 12.4 Å². The Morgan fingerprint density at radius 3 is 2.89 bits per heavy atom. The van der Waals surface area contributed by atoms with Crippen LogP contribution in [-0.4, -0.2) is 33.2 Å². The van der Waals surface area contributed by atoms with Crippen LogP contribution in [0.3, 0.4) is 0 Å². The first-order chi connectivity index (χ1) is 8.56. The minimum absolute atomic E-state index is 0.248. The number of aromatic nitrogens is 2. The Bertz CT molecular complexity index is 434. The van der Waals surface area contributed by atoms with Crippen LogP contribution >= 0.6 is 23.3 Å². The highest BCUT2D eigenvalue weighted by molar-refractivity contribution is 8.01. The van der Waals surface area contributed by atoms with Crippen molar-refractivity contribution in [3.8, 4) is 0 Å². The first-order valence-electron chi connectivity index (χ1n) is 5.95. The third-order valence-electron chi connectivity index (χ3n) is 2.90. The van der Waals surface area contributed by atoms with Crippen LogP contribution in [0.25, 0.3) is 0 Å². The van der Waals surface area contributed by atoms with E-state index in [9.17, 15) is 4.79 Å². The normalized spacial score (nSPS) is 18.4. The van der Waals surface area contributed by atoms with E-state index in [2.05, 4.69) is 9.36 Å². The molecule has 0 aromatic carbocycles. The summed E-state index contributed by atoms with van der Waals surface area (Å²) < 4.78 is 10.1. The Hall–Kier alpha value is -0.660. The fourth-order valence-corrected chi connectivity index (χ4v) is 3.56. The fraction of sp³-hybridized carbons (Fsp3) is 0.727. The van der Waals surface area contributed by atoms with Crippen LogP contribution in [0.15, 0.2) is 4.34 Å². The predicted molar refractivity (Wildman–Crippen MR) is 71.6 cm³/mol. The molecule has 18 heavy (non-hydrogen) atoms. The van der Waals surface area contributed by atoms with Crippen molar-refractivity contribution in [2.75, 3.05) is 12.4 Å². The van der Waals surface area contributed by atoms with Crippen molar-refractivity contribution in [3.05, 3.63) is 5.82 Å². The lowest BCUT2D eigenvalue weighted by molar-refractivity contribution is -0.149. The number of carbonyl (C=O) groups excluding carboxylic acids is 1. The lowest BCUT2D eigenvalue weighted by atomic mass is 9.97. The number of rotatable bonds is 6. The molecule has 2 N–H and O–H groups in total. The number of hydrogen-bond acceptors (Lipinski definition) is 7. The van der Waals surface area contributed by atoms with Crippen molar-refractivity contribution < 1.29 is 9.53 Å². The largest absolute Gasteiger partial charge is 0.465 e. The number of carbonyl (C=O) groups is 1. The van der Waals surface area contributed by atoms with Crippen molar-refractivity contribution in [1.82, 2.24) is 9.36 Å². The van der Waals surface area contributed by atoms with Gasteiger partial charge in [0, 0.05) is 5.75 Å². The molecule has 0 amide bonds. The summed E-state index contributed by atoms with van der Waals surface area (Å²) in [6.07, 6.45) is 2.01. The molecule has 0 bridgehead atoms. The Kier molecular flexibility index (Phi) is 4.24. The van der Waals surface area contributed by atoms with Gasteiger partial charge in [0.05, 0.1) is 6.61 Å². The Morgan fingerprint density at radius 2 is 2.39 bits per heavy atom. The van der Waals surface area contributed by atoms with Gasteiger partial charge in [-0.2, -0.15) is 4.37 Å². The van der Waals surface area contributed by atoms with Crippen molar-refractivity contribution >= 4 is 29.3 Å². The zero-order chi connectivity index (χ0) is 13.2. The molecule has 0 radical (unpaired) electrons. The molecule has 0 saturated heterocycles. The second-order valence-electron chi connectivity index (χ2n) is 4.43. The molecule has 1 aliphatic rings. The summed E-state index contributed by atoms with van der Waals surface area (Å²) in [5, 5.41) is 0. The van der Waals surface area contributed by atoms with E-state index >= 15 is 0 Å². The quantitative estimate of drug-likeness (QED) is 0.632. The van der Waals surface area contributed by atoms with Crippen LogP contribution in [0.1, 0.15) is 25.6 Å². The molecule has 1 unspecified atom stereocenters. The summed E-state index contributed by atoms with van der Waals surface area (Å²) >= 11 is 2.83. The molecular formula is C11H17N3O2S2.